The number of fused-ring (bicyclic) bond motifs is 1. The van der Waals surface area contributed by atoms with Crippen LogP contribution >= 0.6 is 0 Å². The van der Waals surface area contributed by atoms with Crippen molar-refractivity contribution in [2.24, 2.45) is 9.98 Å². The average molecular weight is 420 g/mol. The Hall–Kier alpha value is -3.52. The predicted octanol–water partition coefficient (Wildman–Crippen LogP) is 2.09. The number of aromatic nitrogens is 1. The molecular weight excluding hydrogens is 400 g/mol. The number of nitrogens with one attached hydrogen (secondary N) is 1. The molecule has 0 aliphatic carbocycles. The molecule has 7 nitrogen and oxygen atoms in total. The van der Waals surface area contributed by atoms with Gasteiger partial charge in [0.15, 0.2) is 0 Å². The van der Waals surface area contributed by atoms with Gasteiger partial charge in [0.2, 0.25) is 5.91 Å². The van der Waals surface area contributed by atoms with E-state index in [0.717, 1.165) is 5.56 Å². The fraction of sp³-hybridized carbons (Fsp3) is 0.136. The van der Waals surface area contributed by atoms with Gasteiger partial charge in [0.05, 0.1) is 11.4 Å². The largest absolute Gasteiger partial charge is 0.329 e. The molecule has 0 saturated heterocycles. The van der Waals surface area contributed by atoms with E-state index in [0.29, 0.717) is 17.6 Å². The van der Waals surface area contributed by atoms with Crippen molar-refractivity contribution < 1.29 is 13.2 Å². The van der Waals surface area contributed by atoms with Gasteiger partial charge in [-0.05, 0) is 29.8 Å². The van der Waals surface area contributed by atoms with Crippen LogP contribution in [-0.2, 0) is 21.4 Å². The maximum atomic E-state index is 12.4. The van der Waals surface area contributed by atoms with Gasteiger partial charge >= 0.3 is 0 Å². The lowest BCUT2D eigenvalue weighted by Crippen LogP contribution is -2.23. The number of carbonyl (C=O) groups excluding carboxylic acids is 1. The highest BCUT2D eigenvalue weighted by atomic mass is 32.2. The zero-order valence-corrected chi connectivity index (χ0v) is 16.9. The summed E-state index contributed by atoms with van der Waals surface area (Å²) in [5.41, 5.74) is 2.19. The minimum absolute atomic E-state index is 0.0770. The van der Waals surface area contributed by atoms with Crippen molar-refractivity contribution in [2.45, 2.75) is 17.9 Å². The fourth-order valence-electron chi connectivity index (χ4n) is 3.18. The van der Waals surface area contributed by atoms with Crippen LogP contribution in [-0.4, -0.2) is 31.3 Å². The summed E-state index contributed by atoms with van der Waals surface area (Å²) >= 11 is 0. The Balaban J connectivity index is 1.47. The maximum absolute atomic E-state index is 12.4. The maximum Gasteiger partial charge on any atom is 0.263 e. The molecule has 1 aromatic heterocycles. The van der Waals surface area contributed by atoms with Gasteiger partial charge in [0, 0.05) is 24.7 Å². The van der Waals surface area contributed by atoms with Crippen LogP contribution in [0.15, 0.2) is 93.9 Å². The number of sulfonamides is 1. The molecule has 1 amide bonds. The first kappa shape index (κ1) is 19.8. The van der Waals surface area contributed by atoms with Crippen LogP contribution in [0.3, 0.4) is 0 Å². The summed E-state index contributed by atoms with van der Waals surface area (Å²) in [6.45, 7) is 0.745. The summed E-state index contributed by atoms with van der Waals surface area (Å²) in [5, 5.41) is 0. The van der Waals surface area contributed by atoms with Gasteiger partial charge in [-0.25, -0.2) is 8.42 Å². The van der Waals surface area contributed by atoms with E-state index in [1.54, 1.807) is 24.3 Å². The van der Waals surface area contributed by atoms with Crippen LogP contribution < -0.4 is 10.2 Å². The van der Waals surface area contributed by atoms with Crippen molar-refractivity contribution in [1.82, 2.24) is 9.29 Å². The number of hydrogen-bond donors (Lipinski definition) is 1. The molecule has 2 aromatic carbocycles. The normalized spacial score (nSPS) is 16.3. The van der Waals surface area contributed by atoms with Crippen LogP contribution in [0.2, 0.25) is 0 Å². The lowest BCUT2D eigenvalue weighted by atomic mass is 10.2. The van der Waals surface area contributed by atoms with E-state index in [9.17, 15) is 13.2 Å². The van der Waals surface area contributed by atoms with Crippen molar-refractivity contribution in [3.05, 3.63) is 95.6 Å². The molecule has 8 heteroatoms. The SMILES string of the molecule is O=C(CCN=C1NS(=O)(=O)c2ccccc21)N=c1ccccn1Cc1ccccc1. The second kappa shape index (κ2) is 8.46. The zero-order chi connectivity index (χ0) is 21.0. The first-order chi connectivity index (χ1) is 14.5. The topological polar surface area (TPSA) is 92.9 Å². The second-order valence-electron chi connectivity index (χ2n) is 6.76. The van der Waals surface area contributed by atoms with Gasteiger partial charge in [-0.15, -0.1) is 0 Å². The minimum Gasteiger partial charge on any atom is -0.329 e. The van der Waals surface area contributed by atoms with Crippen LogP contribution in [0, 0.1) is 0 Å². The van der Waals surface area contributed by atoms with E-state index in [1.807, 2.05) is 53.2 Å². The molecule has 0 saturated carbocycles. The number of amides is 1. The quantitative estimate of drug-likeness (QED) is 0.685. The summed E-state index contributed by atoms with van der Waals surface area (Å²) in [6.07, 6.45) is 1.96. The van der Waals surface area contributed by atoms with E-state index in [-0.39, 0.29) is 29.6 Å². The van der Waals surface area contributed by atoms with Crippen LogP contribution in [0.25, 0.3) is 0 Å². The minimum atomic E-state index is -3.58. The molecule has 4 rings (SSSR count). The third-order valence-corrected chi connectivity index (χ3v) is 6.01. The number of carbonyl (C=O) groups is 1. The summed E-state index contributed by atoms with van der Waals surface area (Å²) < 4.78 is 28.6. The Morgan fingerprint density at radius 1 is 0.933 bits per heavy atom. The number of pyridine rings is 1. The van der Waals surface area contributed by atoms with E-state index in [1.165, 1.54) is 6.07 Å². The van der Waals surface area contributed by atoms with Gasteiger partial charge < -0.3 is 4.57 Å². The molecule has 0 fully saturated rings. The van der Waals surface area contributed by atoms with E-state index in [2.05, 4.69) is 14.7 Å². The van der Waals surface area contributed by atoms with Crippen molar-refractivity contribution in [3.8, 4) is 0 Å². The van der Waals surface area contributed by atoms with Crippen LogP contribution in [0.5, 0.6) is 0 Å². The highest BCUT2D eigenvalue weighted by Gasteiger charge is 2.29. The molecule has 0 bridgehead atoms. The summed E-state index contributed by atoms with van der Waals surface area (Å²) in [5.74, 6) is -0.0567. The molecule has 1 aliphatic rings. The number of hydrogen-bond acceptors (Lipinski definition) is 4. The Morgan fingerprint density at radius 2 is 1.67 bits per heavy atom. The number of benzene rings is 2. The molecule has 0 spiro atoms. The standard InChI is InChI=1S/C22H20N4O3S/c27-21(13-14-23-22-18-10-4-5-11-19(18)30(28,29)25-22)24-20-12-6-7-15-26(20)16-17-8-2-1-3-9-17/h1-12,15H,13-14,16H2,(H,23,25). The zero-order valence-electron chi connectivity index (χ0n) is 16.1. The highest BCUT2D eigenvalue weighted by Crippen LogP contribution is 2.22. The third kappa shape index (κ3) is 4.38. The van der Waals surface area contributed by atoms with Gasteiger partial charge in [0.1, 0.15) is 11.3 Å². The number of rotatable bonds is 5. The van der Waals surface area contributed by atoms with Gasteiger partial charge in [-0.3, -0.25) is 14.5 Å². The van der Waals surface area contributed by atoms with Gasteiger partial charge in [0.25, 0.3) is 10.0 Å². The fourth-order valence-corrected chi connectivity index (χ4v) is 4.43. The predicted molar refractivity (Wildman–Crippen MR) is 113 cm³/mol. The third-order valence-electron chi connectivity index (χ3n) is 4.61. The number of nitrogens with zero attached hydrogens (tertiary/aromatic N) is 3. The second-order valence-corrected chi connectivity index (χ2v) is 8.41. The Kier molecular flexibility index (Phi) is 5.58. The lowest BCUT2D eigenvalue weighted by molar-refractivity contribution is -0.117. The highest BCUT2D eigenvalue weighted by molar-refractivity contribution is 7.90. The Morgan fingerprint density at radius 3 is 2.50 bits per heavy atom. The Bertz CT molecular complexity index is 1280. The molecule has 1 aliphatic heterocycles. The number of amidine groups is 1. The molecular formula is C22H20N4O3S. The molecule has 152 valence electrons. The van der Waals surface area contributed by atoms with Crippen LogP contribution in [0.4, 0.5) is 0 Å². The van der Waals surface area contributed by atoms with Gasteiger partial charge in [-0.2, -0.15) is 4.99 Å². The van der Waals surface area contributed by atoms with E-state index >= 15 is 0 Å². The monoisotopic (exact) mass is 420 g/mol. The molecule has 0 atom stereocenters. The van der Waals surface area contributed by atoms with E-state index in [4.69, 9.17) is 0 Å². The average Bonchev–Trinajstić information content (AvgIpc) is 3.01. The van der Waals surface area contributed by atoms with Crippen LogP contribution in [0.1, 0.15) is 17.5 Å². The molecule has 0 radical (unpaired) electrons. The summed E-state index contributed by atoms with van der Waals surface area (Å²) in [7, 11) is -3.58. The first-order valence-corrected chi connectivity index (χ1v) is 10.9. The number of aliphatic imine (C=N–C) groups is 1. The molecule has 2 heterocycles. The van der Waals surface area contributed by atoms with Crippen molar-refractivity contribution in [2.75, 3.05) is 6.54 Å². The van der Waals surface area contributed by atoms with E-state index < -0.39 is 10.0 Å². The molecule has 30 heavy (non-hydrogen) atoms. The first-order valence-electron chi connectivity index (χ1n) is 9.46. The molecule has 0 unspecified atom stereocenters. The molecule has 3 aromatic rings. The molecule has 1 N–H and O–H groups in total. The lowest BCUT2D eigenvalue weighted by Gasteiger charge is -2.07. The van der Waals surface area contributed by atoms with Gasteiger partial charge in [-0.1, -0.05) is 48.5 Å². The summed E-state index contributed by atoms with van der Waals surface area (Å²) in [6, 6.07) is 22.1. The van der Waals surface area contributed by atoms with Crippen molar-refractivity contribution in [3.63, 3.8) is 0 Å². The summed E-state index contributed by atoms with van der Waals surface area (Å²) in [4.78, 5) is 21.1. The smallest absolute Gasteiger partial charge is 0.263 e. The van der Waals surface area contributed by atoms with Crippen molar-refractivity contribution in [1.29, 1.82) is 0 Å². The van der Waals surface area contributed by atoms with Crippen molar-refractivity contribution >= 4 is 21.8 Å². The Labute approximate surface area is 174 Å².